The molecule has 1 aliphatic heterocycles. The van der Waals surface area contributed by atoms with Gasteiger partial charge in [0.1, 0.15) is 5.75 Å². The molecule has 0 aliphatic carbocycles. The summed E-state index contributed by atoms with van der Waals surface area (Å²) in [5.74, 6) is 0.602. The van der Waals surface area contributed by atoms with Gasteiger partial charge in [-0.15, -0.1) is 0 Å². The van der Waals surface area contributed by atoms with Crippen LogP contribution in [-0.2, 0) is 7.05 Å². The van der Waals surface area contributed by atoms with Gasteiger partial charge in [0.15, 0.2) is 5.69 Å². The zero-order valence-corrected chi connectivity index (χ0v) is 15.8. The summed E-state index contributed by atoms with van der Waals surface area (Å²) in [6, 6.07) is 8.93. The highest BCUT2D eigenvalue weighted by molar-refractivity contribution is 6.04. The fraction of sp³-hybridized carbons (Fsp3) is 0.300. The Bertz CT molecular complexity index is 1090. The van der Waals surface area contributed by atoms with Crippen LogP contribution in [0.1, 0.15) is 10.5 Å². The van der Waals surface area contributed by atoms with Crippen molar-refractivity contribution in [3.8, 4) is 5.75 Å². The number of carbonyl (C=O) groups is 1. The third-order valence-electron chi connectivity index (χ3n) is 5.05. The monoisotopic (exact) mass is 379 g/mol. The number of ether oxygens (including phenoxy) is 1. The number of benzene rings is 1. The Hall–Kier alpha value is -3.42. The van der Waals surface area contributed by atoms with Crippen LogP contribution in [0.5, 0.6) is 5.75 Å². The molecule has 0 spiro atoms. The molecule has 4 rings (SSSR count). The lowest BCUT2D eigenvalue weighted by atomic mass is 10.1. The molecule has 0 saturated carbocycles. The van der Waals surface area contributed by atoms with Crippen LogP contribution in [0.4, 0.5) is 5.69 Å². The topological polar surface area (TPSA) is 80.6 Å². The molecule has 0 radical (unpaired) electrons. The molecule has 0 unspecified atom stereocenters. The van der Waals surface area contributed by atoms with Crippen LogP contribution in [0.2, 0.25) is 0 Å². The number of rotatable bonds is 3. The smallest absolute Gasteiger partial charge is 0.275 e. The summed E-state index contributed by atoms with van der Waals surface area (Å²) in [6.07, 6.45) is 3.47. The Kier molecular flexibility index (Phi) is 4.68. The average Bonchev–Trinajstić information content (AvgIpc) is 2.76. The van der Waals surface area contributed by atoms with Gasteiger partial charge >= 0.3 is 0 Å². The molecule has 2 aromatic heterocycles. The number of amides is 1. The maximum Gasteiger partial charge on any atom is 0.275 e. The number of fused-ring (bicyclic) bond motifs is 1. The highest BCUT2D eigenvalue weighted by Gasteiger charge is 2.26. The zero-order valence-electron chi connectivity index (χ0n) is 15.8. The fourth-order valence-electron chi connectivity index (χ4n) is 3.54. The second-order valence-corrected chi connectivity index (χ2v) is 6.65. The maximum atomic E-state index is 13.1. The number of hydrogen-bond acceptors (Lipinski definition) is 6. The van der Waals surface area contributed by atoms with Crippen LogP contribution in [0.15, 0.2) is 47.5 Å². The first-order chi connectivity index (χ1) is 13.6. The average molecular weight is 379 g/mol. The normalized spacial score (nSPS) is 14.4. The summed E-state index contributed by atoms with van der Waals surface area (Å²) >= 11 is 0. The van der Waals surface area contributed by atoms with Gasteiger partial charge in [-0.2, -0.15) is 5.10 Å². The molecule has 0 bridgehead atoms. The quantitative estimate of drug-likeness (QED) is 0.682. The number of aryl methyl sites for hydroxylation is 1. The van der Waals surface area contributed by atoms with Gasteiger partial charge in [0.2, 0.25) is 0 Å². The van der Waals surface area contributed by atoms with Crippen molar-refractivity contribution >= 4 is 22.4 Å². The van der Waals surface area contributed by atoms with E-state index in [2.05, 4.69) is 15.0 Å². The van der Waals surface area contributed by atoms with Gasteiger partial charge in [-0.3, -0.25) is 14.6 Å². The minimum Gasteiger partial charge on any atom is -0.494 e. The van der Waals surface area contributed by atoms with Crippen molar-refractivity contribution in [3.63, 3.8) is 0 Å². The first-order valence-electron chi connectivity index (χ1n) is 9.08. The maximum absolute atomic E-state index is 13.1. The van der Waals surface area contributed by atoms with Crippen molar-refractivity contribution in [2.45, 2.75) is 0 Å². The van der Waals surface area contributed by atoms with E-state index in [1.807, 2.05) is 12.1 Å². The summed E-state index contributed by atoms with van der Waals surface area (Å²) in [6.45, 7) is 2.43. The fourth-order valence-corrected chi connectivity index (χ4v) is 3.54. The predicted molar refractivity (Wildman–Crippen MR) is 106 cm³/mol. The zero-order chi connectivity index (χ0) is 19.7. The molecular formula is C20H21N5O3. The van der Waals surface area contributed by atoms with E-state index in [4.69, 9.17) is 4.74 Å². The number of aromatic nitrogens is 3. The summed E-state index contributed by atoms with van der Waals surface area (Å²) in [7, 11) is 3.20. The molecule has 1 fully saturated rings. The first kappa shape index (κ1) is 18.0. The number of pyridine rings is 1. The van der Waals surface area contributed by atoms with Gasteiger partial charge in [-0.1, -0.05) is 18.2 Å². The third-order valence-corrected chi connectivity index (χ3v) is 5.05. The lowest BCUT2D eigenvalue weighted by molar-refractivity contribution is 0.0740. The first-order valence-corrected chi connectivity index (χ1v) is 9.08. The summed E-state index contributed by atoms with van der Waals surface area (Å²) in [5.41, 5.74) is 1.02. The minimum absolute atomic E-state index is 0.162. The lowest BCUT2D eigenvalue weighted by Gasteiger charge is -2.36. The molecule has 1 aliphatic rings. The Morgan fingerprint density at radius 3 is 2.50 bits per heavy atom. The molecular weight excluding hydrogens is 358 g/mol. The second kappa shape index (κ2) is 7.30. The van der Waals surface area contributed by atoms with Gasteiger partial charge in [0.25, 0.3) is 11.5 Å². The molecule has 28 heavy (non-hydrogen) atoms. The third kappa shape index (κ3) is 3.06. The molecule has 1 amide bonds. The van der Waals surface area contributed by atoms with E-state index in [1.54, 1.807) is 49.7 Å². The van der Waals surface area contributed by atoms with Crippen molar-refractivity contribution in [2.24, 2.45) is 7.05 Å². The van der Waals surface area contributed by atoms with E-state index in [0.29, 0.717) is 42.6 Å². The van der Waals surface area contributed by atoms with E-state index < -0.39 is 0 Å². The molecule has 8 nitrogen and oxygen atoms in total. The molecule has 1 aromatic carbocycles. The summed E-state index contributed by atoms with van der Waals surface area (Å²) < 4.78 is 6.64. The van der Waals surface area contributed by atoms with E-state index in [9.17, 15) is 9.59 Å². The van der Waals surface area contributed by atoms with Crippen molar-refractivity contribution in [2.75, 3.05) is 38.2 Å². The molecule has 0 atom stereocenters. The molecule has 0 N–H and O–H groups in total. The second-order valence-electron chi connectivity index (χ2n) is 6.65. The van der Waals surface area contributed by atoms with E-state index >= 15 is 0 Å². The van der Waals surface area contributed by atoms with E-state index in [1.165, 1.54) is 4.68 Å². The van der Waals surface area contributed by atoms with Crippen LogP contribution < -0.4 is 15.2 Å². The largest absolute Gasteiger partial charge is 0.494 e. The standard InChI is InChI=1S/C20H21N5O3/c1-23-19(26)15-6-4-3-5-14(15)18(22-23)20(27)25-11-9-24(10-12-25)16-13-21-8-7-17(16)28-2/h3-8,13H,9-12H2,1-2H3. The van der Waals surface area contributed by atoms with E-state index in [-0.39, 0.29) is 11.5 Å². The number of anilines is 1. The van der Waals surface area contributed by atoms with Crippen molar-refractivity contribution in [3.05, 3.63) is 58.8 Å². The van der Waals surface area contributed by atoms with Gasteiger partial charge < -0.3 is 14.5 Å². The lowest BCUT2D eigenvalue weighted by Crippen LogP contribution is -2.49. The van der Waals surface area contributed by atoms with Crippen LogP contribution >= 0.6 is 0 Å². The highest BCUT2D eigenvalue weighted by Crippen LogP contribution is 2.27. The molecule has 3 aromatic rings. The van der Waals surface area contributed by atoms with Gasteiger partial charge in [-0.25, -0.2) is 4.68 Å². The van der Waals surface area contributed by atoms with Crippen LogP contribution in [0, 0.1) is 0 Å². The number of nitrogens with zero attached hydrogens (tertiary/aromatic N) is 5. The Morgan fingerprint density at radius 2 is 1.79 bits per heavy atom. The van der Waals surface area contributed by atoms with Gasteiger partial charge in [0, 0.05) is 50.9 Å². The van der Waals surface area contributed by atoms with Crippen molar-refractivity contribution < 1.29 is 9.53 Å². The van der Waals surface area contributed by atoms with Crippen molar-refractivity contribution in [1.82, 2.24) is 19.7 Å². The molecule has 1 saturated heterocycles. The number of methoxy groups -OCH3 is 1. The SMILES string of the molecule is COc1ccncc1N1CCN(C(=O)c2nn(C)c(=O)c3ccccc23)CC1. The summed E-state index contributed by atoms with van der Waals surface area (Å²) in [4.78, 5) is 33.5. The van der Waals surface area contributed by atoms with Gasteiger partial charge in [0.05, 0.1) is 24.4 Å². The van der Waals surface area contributed by atoms with Gasteiger partial charge in [-0.05, 0) is 6.07 Å². The van der Waals surface area contributed by atoms with Crippen molar-refractivity contribution in [1.29, 1.82) is 0 Å². The Labute approximate surface area is 162 Å². The summed E-state index contributed by atoms with van der Waals surface area (Å²) in [5, 5.41) is 5.34. The Balaban J connectivity index is 1.58. The predicted octanol–water partition coefficient (Wildman–Crippen LogP) is 1.30. The van der Waals surface area contributed by atoms with Crippen LogP contribution in [0.3, 0.4) is 0 Å². The van der Waals surface area contributed by atoms with Crippen LogP contribution in [0.25, 0.3) is 10.8 Å². The van der Waals surface area contributed by atoms with Crippen LogP contribution in [-0.4, -0.2) is 58.9 Å². The number of hydrogen-bond donors (Lipinski definition) is 0. The minimum atomic E-state index is -0.208. The molecule has 3 heterocycles. The Morgan fingerprint density at radius 1 is 1.07 bits per heavy atom. The highest BCUT2D eigenvalue weighted by atomic mass is 16.5. The molecule has 8 heteroatoms. The number of piperazine rings is 1. The molecule has 144 valence electrons. The number of carbonyl (C=O) groups excluding carboxylic acids is 1. The van der Waals surface area contributed by atoms with E-state index in [0.717, 1.165) is 11.4 Å².